The zero-order valence-electron chi connectivity index (χ0n) is 9.41. The summed E-state index contributed by atoms with van der Waals surface area (Å²) in [6.45, 7) is 3.51. The quantitative estimate of drug-likeness (QED) is 0.740. The van der Waals surface area contributed by atoms with Crippen LogP contribution in [0.5, 0.6) is 0 Å². The maximum absolute atomic E-state index is 11.3. The van der Waals surface area contributed by atoms with Crippen LogP contribution in [0.2, 0.25) is 0 Å². The van der Waals surface area contributed by atoms with E-state index in [0.29, 0.717) is 6.04 Å². The molecular weight excluding hydrogens is 208 g/mol. The molecule has 0 aromatic carbocycles. The number of rotatable bonds is 3. The number of aromatic nitrogens is 1. The molecule has 3 nitrogen and oxygen atoms in total. The zero-order chi connectivity index (χ0) is 11.0. The number of hydrogen-bond acceptors (Lipinski definition) is 4. The Morgan fingerprint density at radius 1 is 1.53 bits per heavy atom. The highest BCUT2D eigenvalue weighted by molar-refractivity contribution is 7.17. The van der Waals surface area contributed by atoms with Crippen LogP contribution in [0.3, 0.4) is 0 Å². The number of carbonyl (C=O) groups excluding carboxylic acids is 1. The Bertz CT molecular complexity index is 382. The summed E-state index contributed by atoms with van der Waals surface area (Å²) in [5, 5.41) is 0.988. The lowest BCUT2D eigenvalue weighted by Crippen LogP contribution is -2.36. The molecule has 0 spiro atoms. The SMILES string of the molecule is CC(=O)c1sc(N(C)C2CCC2)nc1C. The molecule has 0 bridgehead atoms. The summed E-state index contributed by atoms with van der Waals surface area (Å²) in [5.41, 5.74) is 0.869. The molecule has 0 amide bonds. The van der Waals surface area contributed by atoms with E-state index in [0.717, 1.165) is 15.7 Å². The van der Waals surface area contributed by atoms with Crippen LogP contribution in [0.1, 0.15) is 41.6 Å². The number of hydrogen-bond donors (Lipinski definition) is 0. The lowest BCUT2D eigenvalue weighted by atomic mass is 9.92. The fourth-order valence-electron chi connectivity index (χ4n) is 1.79. The van der Waals surface area contributed by atoms with Gasteiger partial charge in [-0.1, -0.05) is 11.3 Å². The fourth-order valence-corrected chi connectivity index (χ4v) is 2.79. The number of aryl methyl sites for hydroxylation is 1. The molecule has 82 valence electrons. The van der Waals surface area contributed by atoms with Crippen LogP contribution in [0.15, 0.2) is 0 Å². The maximum Gasteiger partial charge on any atom is 0.186 e. The molecule has 1 saturated carbocycles. The van der Waals surface area contributed by atoms with E-state index in [1.165, 1.54) is 30.6 Å². The largest absolute Gasteiger partial charge is 0.348 e. The third-order valence-electron chi connectivity index (χ3n) is 3.03. The standard InChI is InChI=1S/C11H16N2OS/c1-7-10(8(2)14)15-11(12-7)13(3)9-5-4-6-9/h9H,4-6H2,1-3H3. The molecule has 15 heavy (non-hydrogen) atoms. The second-order valence-corrected chi connectivity index (χ2v) is 5.14. The second kappa shape index (κ2) is 3.93. The highest BCUT2D eigenvalue weighted by Gasteiger charge is 2.25. The molecule has 0 N–H and O–H groups in total. The van der Waals surface area contributed by atoms with Crippen molar-refractivity contribution in [3.05, 3.63) is 10.6 Å². The highest BCUT2D eigenvalue weighted by Crippen LogP contribution is 2.32. The first-order chi connectivity index (χ1) is 7.09. The van der Waals surface area contributed by atoms with E-state index >= 15 is 0 Å². The van der Waals surface area contributed by atoms with Crippen molar-refractivity contribution in [2.75, 3.05) is 11.9 Å². The average Bonchev–Trinajstić information content (AvgIpc) is 2.44. The van der Waals surface area contributed by atoms with E-state index in [9.17, 15) is 4.79 Å². The molecule has 0 saturated heterocycles. The minimum Gasteiger partial charge on any atom is -0.348 e. The Balaban J connectivity index is 2.21. The summed E-state index contributed by atoms with van der Waals surface area (Å²) in [6.07, 6.45) is 3.83. The Morgan fingerprint density at radius 2 is 2.20 bits per heavy atom. The fraction of sp³-hybridized carbons (Fsp3) is 0.636. The van der Waals surface area contributed by atoms with Crippen molar-refractivity contribution in [2.45, 2.75) is 39.2 Å². The van der Waals surface area contributed by atoms with E-state index in [4.69, 9.17) is 0 Å². The molecule has 1 aromatic rings. The summed E-state index contributed by atoms with van der Waals surface area (Å²) < 4.78 is 0. The number of thiazole rings is 1. The van der Waals surface area contributed by atoms with Crippen molar-refractivity contribution < 1.29 is 4.79 Å². The number of ketones is 1. The molecule has 4 heteroatoms. The summed E-state index contributed by atoms with van der Waals surface area (Å²) in [7, 11) is 2.08. The van der Waals surface area contributed by atoms with E-state index in [-0.39, 0.29) is 5.78 Å². The molecule has 0 atom stereocenters. The normalized spacial score (nSPS) is 16.2. The van der Waals surface area contributed by atoms with Crippen molar-refractivity contribution in [1.82, 2.24) is 4.98 Å². The van der Waals surface area contributed by atoms with E-state index < -0.39 is 0 Å². The lowest BCUT2D eigenvalue weighted by molar-refractivity contribution is 0.102. The summed E-state index contributed by atoms with van der Waals surface area (Å²) >= 11 is 1.52. The predicted octanol–water partition coefficient (Wildman–Crippen LogP) is 2.64. The van der Waals surface area contributed by atoms with Gasteiger partial charge in [-0.05, 0) is 26.2 Å². The maximum atomic E-state index is 11.3. The minimum atomic E-state index is 0.123. The van der Waals surface area contributed by atoms with Crippen molar-refractivity contribution in [1.29, 1.82) is 0 Å². The molecule has 0 unspecified atom stereocenters. The topological polar surface area (TPSA) is 33.2 Å². The van der Waals surface area contributed by atoms with Crippen LogP contribution in [0, 0.1) is 6.92 Å². The van der Waals surface area contributed by atoms with Gasteiger partial charge in [-0.2, -0.15) is 0 Å². The van der Waals surface area contributed by atoms with Crippen molar-refractivity contribution in [3.8, 4) is 0 Å². The van der Waals surface area contributed by atoms with E-state index in [2.05, 4.69) is 16.9 Å². The van der Waals surface area contributed by atoms with Crippen LogP contribution in [-0.4, -0.2) is 23.9 Å². The molecule has 1 aliphatic rings. The van der Waals surface area contributed by atoms with Crippen LogP contribution in [-0.2, 0) is 0 Å². The molecule has 2 rings (SSSR count). The molecule has 1 fully saturated rings. The Morgan fingerprint density at radius 3 is 2.60 bits per heavy atom. The number of anilines is 1. The van der Waals surface area contributed by atoms with Crippen LogP contribution in [0.4, 0.5) is 5.13 Å². The lowest BCUT2D eigenvalue weighted by Gasteiger charge is -2.34. The third kappa shape index (κ3) is 1.91. The van der Waals surface area contributed by atoms with Gasteiger partial charge in [-0.15, -0.1) is 0 Å². The molecule has 0 radical (unpaired) electrons. The van der Waals surface area contributed by atoms with E-state index in [1.807, 2.05) is 6.92 Å². The highest BCUT2D eigenvalue weighted by atomic mass is 32.1. The summed E-state index contributed by atoms with van der Waals surface area (Å²) in [4.78, 5) is 18.8. The monoisotopic (exact) mass is 224 g/mol. The summed E-state index contributed by atoms with van der Waals surface area (Å²) in [6, 6.07) is 0.635. The second-order valence-electron chi connectivity index (χ2n) is 4.16. The summed E-state index contributed by atoms with van der Waals surface area (Å²) in [5.74, 6) is 0.123. The first kappa shape index (κ1) is 10.6. The van der Waals surface area contributed by atoms with Gasteiger partial charge in [0.2, 0.25) is 0 Å². The smallest absolute Gasteiger partial charge is 0.186 e. The Labute approximate surface area is 94.1 Å². The van der Waals surface area contributed by atoms with Gasteiger partial charge in [0.25, 0.3) is 0 Å². The van der Waals surface area contributed by atoms with Gasteiger partial charge in [0.15, 0.2) is 10.9 Å². The van der Waals surface area contributed by atoms with E-state index in [1.54, 1.807) is 6.92 Å². The first-order valence-electron chi connectivity index (χ1n) is 5.31. The van der Waals surface area contributed by atoms with Gasteiger partial charge in [0.05, 0.1) is 10.6 Å². The van der Waals surface area contributed by atoms with Gasteiger partial charge in [0.1, 0.15) is 0 Å². The average molecular weight is 224 g/mol. The zero-order valence-corrected chi connectivity index (χ0v) is 10.2. The Hall–Kier alpha value is -0.900. The predicted molar refractivity (Wildman–Crippen MR) is 62.9 cm³/mol. The van der Waals surface area contributed by atoms with Crippen molar-refractivity contribution in [2.24, 2.45) is 0 Å². The molecule has 1 aliphatic carbocycles. The minimum absolute atomic E-state index is 0.123. The molecule has 1 heterocycles. The van der Waals surface area contributed by atoms with Crippen LogP contribution < -0.4 is 4.90 Å². The first-order valence-corrected chi connectivity index (χ1v) is 6.12. The van der Waals surface area contributed by atoms with Gasteiger partial charge in [-0.25, -0.2) is 4.98 Å². The number of nitrogens with zero attached hydrogens (tertiary/aromatic N) is 2. The van der Waals surface area contributed by atoms with Crippen molar-refractivity contribution >= 4 is 22.3 Å². The number of carbonyl (C=O) groups is 1. The molecule has 1 aromatic heterocycles. The van der Waals surface area contributed by atoms with Gasteiger partial charge >= 0.3 is 0 Å². The van der Waals surface area contributed by atoms with Crippen molar-refractivity contribution in [3.63, 3.8) is 0 Å². The number of Topliss-reactive ketones (excluding diaryl/α,β-unsaturated/α-hetero) is 1. The van der Waals surface area contributed by atoms with Crippen LogP contribution in [0.25, 0.3) is 0 Å². The third-order valence-corrected chi connectivity index (χ3v) is 4.38. The van der Waals surface area contributed by atoms with Gasteiger partial charge in [0, 0.05) is 20.0 Å². The van der Waals surface area contributed by atoms with Gasteiger partial charge < -0.3 is 4.90 Å². The van der Waals surface area contributed by atoms with Gasteiger partial charge in [-0.3, -0.25) is 4.79 Å². The molecular formula is C11H16N2OS. The molecule has 0 aliphatic heterocycles. The Kier molecular flexibility index (Phi) is 2.78. The van der Waals surface area contributed by atoms with Crippen LogP contribution >= 0.6 is 11.3 Å².